The molecule has 0 radical (unpaired) electrons. The monoisotopic (exact) mass is 225 g/mol. The van der Waals surface area contributed by atoms with Crippen LogP contribution in [0.15, 0.2) is 0 Å². The van der Waals surface area contributed by atoms with Crippen molar-refractivity contribution >= 4 is 5.91 Å². The van der Waals surface area contributed by atoms with Gasteiger partial charge in [0.2, 0.25) is 0 Å². The lowest BCUT2D eigenvalue weighted by Gasteiger charge is -2.29. The molecule has 1 saturated heterocycles. The Morgan fingerprint density at radius 2 is 2.06 bits per heavy atom. The normalized spacial score (nSPS) is 32.2. The summed E-state index contributed by atoms with van der Waals surface area (Å²) in [6, 6.07) is 0. The number of aliphatic hydroxyl groups is 1. The molecule has 2 fully saturated rings. The highest BCUT2D eigenvalue weighted by atomic mass is 16.3. The largest absolute Gasteiger partial charge is 0.383 e. The smallest absolute Gasteiger partial charge is 0.251 e. The van der Waals surface area contributed by atoms with E-state index in [-0.39, 0.29) is 17.2 Å². The number of rotatable bonds is 3. The van der Waals surface area contributed by atoms with Crippen molar-refractivity contribution in [3.05, 3.63) is 0 Å². The van der Waals surface area contributed by atoms with Gasteiger partial charge in [-0.3, -0.25) is 4.79 Å². The van der Waals surface area contributed by atoms with E-state index in [2.05, 4.69) is 20.8 Å². The molecule has 2 aliphatic rings. The van der Waals surface area contributed by atoms with E-state index in [9.17, 15) is 9.90 Å². The first-order valence-electron chi connectivity index (χ1n) is 6.41. The topological polar surface area (TPSA) is 40.5 Å². The van der Waals surface area contributed by atoms with E-state index in [1.807, 2.05) is 4.90 Å². The molecule has 1 heterocycles. The first-order chi connectivity index (χ1) is 7.44. The van der Waals surface area contributed by atoms with Gasteiger partial charge in [0.1, 0.15) is 6.10 Å². The van der Waals surface area contributed by atoms with Gasteiger partial charge in [-0.25, -0.2) is 0 Å². The molecule has 2 rings (SSSR count). The van der Waals surface area contributed by atoms with E-state index in [0.717, 1.165) is 32.4 Å². The summed E-state index contributed by atoms with van der Waals surface area (Å²) in [5, 5.41) is 9.84. The molecule has 1 unspecified atom stereocenters. The molecular weight excluding hydrogens is 202 g/mol. The summed E-state index contributed by atoms with van der Waals surface area (Å²) in [5.74, 6) is 0.800. The highest BCUT2D eigenvalue weighted by Crippen LogP contribution is 2.39. The predicted molar refractivity (Wildman–Crippen MR) is 62.9 cm³/mol. The molecule has 3 nitrogen and oxygen atoms in total. The van der Waals surface area contributed by atoms with Crippen molar-refractivity contribution < 1.29 is 9.90 Å². The fourth-order valence-corrected chi connectivity index (χ4v) is 2.44. The summed E-state index contributed by atoms with van der Waals surface area (Å²) in [7, 11) is 0. The number of amides is 1. The molecule has 0 bridgehead atoms. The molecule has 0 spiro atoms. The van der Waals surface area contributed by atoms with Crippen molar-refractivity contribution in [1.29, 1.82) is 0 Å². The summed E-state index contributed by atoms with van der Waals surface area (Å²) < 4.78 is 0. The van der Waals surface area contributed by atoms with Crippen molar-refractivity contribution in [2.75, 3.05) is 13.1 Å². The van der Waals surface area contributed by atoms with Crippen LogP contribution < -0.4 is 0 Å². The second-order valence-corrected chi connectivity index (χ2v) is 6.10. The Bertz CT molecular complexity index is 286. The minimum absolute atomic E-state index is 0.0353. The van der Waals surface area contributed by atoms with Crippen LogP contribution in [0, 0.1) is 17.3 Å². The van der Waals surface area contributed by atoms with E-state index in [1.165, 1.54) is 0 Å². The first-order valence-corrected chi connectivity index (χ1v) is 6.41. The van der Waals surface area contributed by atoms with Crippen LogP contribution in [0.1, 0.15) is 40.0 Å². The van der Waals surface area contributed by atoms with Crippen LogP contribution in [0.4, 0.5) is 0 Å². The summed E-state index contributed by atoms with van der Waals surface area (Å²) in [6.45, 7) is 8.30. The Morgan fingerprint density at radius 3 is 2.50 bits per heavy atom. The van der Waals surface area contributed by atoms with E-state index in [4.69, 9.17) is 0 Å². The predicted octanol–water partition coefficient (Wildman–Crippen LogP) is 1.65. The summed E-state index contributed by atoms with van der Waals surface area (Å²) in [6.07, 6.45) is 2.37. The number of carbonyl (C=O) groups excluding carboxylic acids is 1. The molecule has 0 aromatic rings. The standard InChI is InChI=1S/C13H23NO2/c1-9(2)13(3)6-7-14(8-13)12(16)11(15)10-4-5-10/h9-11,15H,4-8H2,1-3H3/t11?,13-/m1/s1. The van der Waals surface area contributed by atoms with Crippen LogP contribution >= 0.6 is 0 Å². The molecule has 1 N–H and O–H groups in total. The average molecular weight is 225 g/mol. The highest BCUT2D eigenvalue weighted by molar-refractivity contribution is 5.81. The van der Waals surface area contributed by atoms with Crippen LogP contribution in [-0.4, -0.2) is 35.1 Å². The number of hydrogen-bond donors (Lipinski definition) is 1. The molecule has 3 heteroatoms. The summed E-state index contributed by atoms with van der Waals surface area (Å²) in [4.78, 5) is 13.9. The van der Waals surface area contributed by atoms with E-state index in [0.29, 0.717) is 5.92 Å². The zero-order chi connectivity index (χ0) is 11.9. The SMILES string of the molecule is CC(C)[C@]1(C)CCN(C(=O)C(O)C2CC2)C1. The van der Waals surface area contributed by atoms with E-state index in [1.54, 1.807) is 0 Å². The lowest BCUT2D eigenvalue weighted by atomic mass is 9.78. The maximum absolute atomic E-state index is 12.0. The van der Waals surface area contributed by atoms with Gasteiger partial charge >= 0.3 is 0 Å². The molecule has 1 aliphatic carbocycles. The van der Waals surface area contributed by atoms with Crippen LogP contribution in [-0.2, 0) is 4.79 Å². The molecule has 92 valence electrons. The zero-order valence-corrected chi connectivity index (χ0v) is 10.6. The first kappa shape index (κ1) is 11.9. The molecule has 2 atom stereocenters. The quantitative estimate of drug-likeness (QED) is 0.793. The van der Waals surface area contributed by atoms with Gasteiger partial charge in [0.05, 0.1) is 0 Å². The Hall–Kier alpha value is -0.570. The molecule has 1 aliphatic heterocycles. The number of hydrogen-bond acceptors (Lipinski definition) is 2. The molecular formula is C13H23NO2. The fraction of sp³-hybridized carbons (Fsp3) is 0.923. The van der Waals surface area contributed by atoms with Crippen LogP contribution in [0.2, 0.25) is 0 Å². The zero-order valence-electron chi connectivity index (χ0n) is 10.6. The van der Waals surface area contributed by atoms with Crippen molar-refractivity contribution in [1.82, 2.24) is 4.90 Å². The second kappa shape index (κ2) is 4.02. The van der Waals surface area contributed by atoms with Crippen molar-refractivity contribution in [2.24, 2.45) is 17.3 Å². The maximum Gasteiger partial charge on any atom is 0.251 e. The van der Waals surface area contributed by atoms with Crippen molar-refractivity contribution in [3.8, 4) is 0 Å². The maximum atomic E-state index is 12.0. The van der Waals surface area contributed by atoms with Gasteiger partial charge < -0.3 is 10.0 Å². The lowest BCUT2D eigenvalue weighted by molar-refractivity contribution is -0.140. The van der Waals surface area contributed by atoms with Gasteiger partial charge in [0.15, 0.2) is 0 Å². The molecule has 0 aromatic carbocycles. The fourth-order valence-electron chi connectivity index (χ4n) is 2.44. The van der Waals surface area contributed by atoms with Crippen molar-refractivity contribution in [3.63, 3.8) is 0 Å². The van der Waals surface area contributed by atoms with Gasteiger partial charge in [-0.1, -0.05) is 20.8 Å². The molecule has 16 heavy (non-hydrogen) atoms. The van der Waals surface area contributed by atoms with Gasteiger partial charge in [-0.05, 0) is 36.5 Å². The van der Waals surface area contributed by atoms with Gasteiger partial charge in [0, 0.05) is 13.1 Å². The Kier molecular flexibility index (Phi) is 2.99. The van der Waals surface area contributed by atoms with Gasteiger partial charge in [-0.2, -0.15) is 0 Å². The van der Waals surface area contributed by atoms with Crippen LogP contribution in [0.5, 0.6) is 0 Å². The average Bonchev–Trinajstić information content (AvgIpc) is 3.00. The van der Waals surface area contributed by atoms with Gasteiger partial charge in [0.25, 0.3) is 5.91 Å². The highest BCUT2D eigenvalue weighted by Gasteiger charge is 2.43. The third-order valence-electron chi connectivity index (χ3n) is 4.53. The lowest BCUT2D eigenvalue weighted by Crippen LogP contribution is -2.40. The molecule has 1 saturated carbocycles. The number of aliphatic hydroxyl groups excluding tert-OH is 1. The molecule has 0 aromatic heterocycles. The minimum atomic E-state index is -0.727. The Labute approximate surface area is 97.8 Å². The Balaban J connectivity index is 1.95. The van der Waals surface area contributed by atoms with E-state index < -0.39 is 6.10 Å². The van der Waals surface area contributed by atoms with Crippen molar-refractivity contribution in [2.45, 2.75) is 46.1 Å². The summed E-state index contributed by atoms with van der Waals surface area (Å²) in [5.41, 5.74) is 0.235. The van der Waals surface area contributed by atoms with Gasteiger partial charge in [-0.15, -0.1) is 0 Å². The second-order valence-electron chi connectivity index (χ2n) is 6.10. The minimum Gasteiger partial charge on any atom is -0.383 e. The van der Waals surface area contributed by atoms with Crippen LogP contribution in [0.3, 0.4) is 0 Å². The van der Waals surface area contributed by atoms with E-state index >= 15 is 0 Å². The summed E-state index contributed by atoms with van der Waals surface area (Å²) >= 11 is 0. The number of likely N-dealkylation sites (tertiary alicyclic amines) is 1. The number of carbonyl (C=O) groups is 1. The third kappa shape index (κ3) is 2.10. The third-order valence-corrected chi connectivity index (χ3v) is 4.53. The Morgan fingerprint density at radius 1 is 1.44 bits per heavy atom. The molecule has 1 amide bonds. The number of nitrogens with zero attached hydrogens (tertiary/aromatic N) is 1. The van der Waals surface area contributed by atoms with Crippen LogP contribution in [0.25, 0.3) is 0 Å².